The lowest BCUT2D eigenvalue weighted by Crippen LogP contribution is -2.37. The van der Waals surface area contributed by atoms with Crippen molar-refractivity contribution in [3.05, 3.63) is 12.7 Å². The van der Waals surface area contributed by atoms with Crippen molar-refractivity contribution >= 4 is 35.8 Å². The maximum Gasteiger partial charge on any atom is 0.222 e. The van der Waals surface area contributed by atoms with E-state index in [1.807, 2.05) is 20.8 Å². The normalized spacial score (nSPS) is 10.6. The van der Waals surface area contributed by atoms with E-state index < -0.39 is 0 Å². The summed E-state index contributed by atoms with van der Waals surface area (Å²) < 4.78 is 0. The lowest BCUT2D eigenvalue weighted by Gasteiger charge is -2.10. The fourth-order valence-corrected chi connectivity index (χ4v) is 1.17. The Morgan fingerprint density at radius 3 is 2.56 bits per heavy atom. The zero-order valence-electron chi connectivity index (χ0n) is 11.5. The molecule has 0 aromatic rings. The summed E-state index contributed by atoms with van der Waals surface area (Å²) in [7, 11) is 0. The molecule has 18 heavy (non-hydrogen) atoms. The predicted octanol–water partition coefficient (Wildman–Crippen LogP) is 1.26. The molecular formula is C12H25IN4O. The van der Waals surface area contributed by atoms with Crippen molar-refractivity contribution in [2.75, 3.05) is 19.6 Å². The lowest BCUT2D eigenvalue weighted by atomic mass is 10.3. The minimum atomic E-state index is 0. The number of carbonyl (C=O) groups is 1. The van der Waals surface area contributed by atoms with E-state index >= 15 is 0 Å². The van der Waals surface area contributed by atoms with Gasteiger partial charge in [-0.2, -0.15) is 0 Å². The molecule has 6 heteroatoms. The van der Waals surface area contributed by atoms with Crippen LogP contribution in [0, 0.1) is 0 Å². The first kappa shape index (κ1) is 19.5. The number of aliphatic imine (C=N–C) groups is 1. The molecule has 0 aliphatic rings. The zero-order valence-corrected chi connectivity index (χ0v) is 13.8. The molecule has 3 N–H and O–H groups in total. The van der Waals surface area contributed by atoms with Gasteiger partial charge in [0.2, 0.25) is 5.91 Å². The number of guanidine groups is 1. The van der Waals surface area contributed by atoms with E-state index in [0.29, 0.717) is 25.5 Å². The molecule has 0 heterocycles. The first-order valence-corrected chi connectivity index (χ1v) is 6.02. The second kappa shape index (κ2) is 12.7. The monoisotopic (exact) mass is 368 g/mol. The van der Waals surface area contributed by atoms with Crippen molar-refractivity contribution in [1.29, 1.82) is 0 Å². The first-order valence-electron chi connectivity index (χ1n) is 6.02. The summed E-state index contributed by atoms with van der Waals surface area (Å²) in [5.41, 5.74) is 0. The zero-order chi connectivity index (χ0) is 13.1. The molecule has 0 rings (SSSR count). The molecule has 0 atom stereocenters. The summed E-state index contributed by atoms with van der Waals surface area (Å²) in [4.78, 5) is 15.7. The van der Waals surface area contributed by atoms with Crippen LogP contribution >= 0.6 is 24.0 Å². The largest absolute Gasteiger partial charge is 0.357 e. The molecule has 0 radical (unpaired) electrons. The lowest BCUT2D eigenvalue weighted by molar-refractivity contribution is -0.121. The van der Waals surface area contributed by atoms with Gasteiger partial charge in [-0.05, 0) is 20.8 Å². The predicted molar refractivity (Wildman–Crippen MR) is 87.5 cm³/mol. The molecule has 0 unspecified atom stereocenters. The fourth-order valence-electron chi connectivity index (χ4n) is 1.17. The highest BCUT2D eigenvalue weighted by Gasteiger charge is 2.02. The molecule has 0 fully saturated rings. The standard InChI is InChI=1S/C12H24N4O.HI/c1-5-8-14-12(13-6-2)15-9-7-11(17)16-10(3)4;/h5,10H,1,6-9H2,2-4H3,(H,16,17)(H2,13,14,15);1H. The molecule has 0 saturated heterocycles. The summed E-state index contributed by atoms with van der Waals surface area (Å²) >= 11 is 0. The summed E-state index contributed by atoms with van der Waals surface area (Å²) in [6.07, 6.45) is 2.17. The molecule has 106 valence electrons. The number of rotatable bonds is 7. The number of hydrogen-bond donors (Lipinski definition) is 3. The topological polar surface area (TPSA) is 65.5 Å². The number of carbonyl (C=O) groups excluding carboxylic acids is 1. The fraction of sp³-hybridized carbons (Fsp3) is 0.667. The molecule has 0 aliphatic heterocycles. The van der Waals surface area contributed by atoms with Crippen molar-refractivity contribution in [1.82, 2.24) is 16.0 Å². The molecule has 5 nitrogen and oxygen atoms in total. The average Bonchev–Trinajstić information content (AvgIpc) is 2.24. The van der Waals surface area contributed by atoms with Crippen LogP contribution in [0.5, 0.6) is 0 Å². The Morgan fingerprint density at radius 1 is 1.39 bits per heavy atom. The second-order valence-electron chi connectivity index (χ2n) is 3.90. The number of amides is 1. The van der Waals surface area contributed by atoms with Gasteiger partial charge in [-0.15, -0.1) is 30.6 Å². The van der Waals surface area contributed by atoms with Gasteiger partial charge in [-0.3, -0.25) is 9.79 Å². The highest BCUT2D eigenvalue weighted by atomic mass is 127. The van der Waals surface area contributed by atoms with Crippen molar-refractivity contribution in [3.8, 4) is 0 Å². The van der Waals surface area contributed by atoms with Crippen LogP contribution in [0.2, 0.25) is 0 Å². The quantitative estimate of drug-likeness (QED) is 0.274. The summed E-state index contributed by atoms with van der Waals surface area (Å²) in [5, 5.41) is 8.99. The van der Waals surface area contributed by atoms with Gasteiger partial charge in [0, 0.05) is 25.6 Å². The molecule has 0 spiro atoms. The van der Waals surface area contributed by atoms with Crippen LogP contribution in [0.25, 0.3) is 0 Å². The first-order chi connectivity index (χ1) is 8.10. The summed E-state index contributed by atoms with van der Waals surface area (Å²) in [5.74, 6) is 0.744. The van der Waals surface area contributed by atoms with E-state index in [9.17, 15) is 4.79 Å². The van der Waals surface area contributed by atoms with Crippen molar-refractivity contribution < 1.29 is 4.79 Å². The molecule has 0 aliphatic carbocycles. The molecule has 0 aromatic heterocycles. The molecule has 0 aromatic carbocycles. The van der Waals surface area contributed by atoms with Gasteiger partial charge in [-0.25, -0.2) is 0 Å². The van der Waals surface area contributed by atoms with Gasteiger partial charge in [0.05, 0.1) is 6.54 Å². The Kier molecular flexibility index (Phi) is 13.7. The van der Waals surface area contributed by atoms with Crippen LogP contribution in [0.4, 0.5) is 0 Å². The molecule has 0 bridgehead atoms. The number of nitrogens with zero attached hydrogens (tertiary/aromatic N) is 1. The Morgan fingerprint density at radius 2 is 2.06 bits per heavy atom. The van der Waals surface area contributed by atoms with Crippen molar-refractivity contribution in [2.45, 2.75) is 33.2 Å². The van der Waals surface area contributed by atoms with Gasteiger partial charge in [0.1, 0.15) is 0 Å². The average molecular weight is 368 g/mol. The van der Waals surface area contributed by atoms with Crippen LogP contribution in [-0.4, -0.2) is 37.5 Å². The molecule has 1 amide bonds. The van der Waals surface area contributed by atoms with E-state index in [1.54, 1.807) is 6.08 Å². The second-order valence-corrected chi connectivity index (χ2v) is 3.90. The van der Waals surface area contributed by atoms with Crippen LogP contribution < -0.4 is 16.0 Å². The Balaban J connectivity index is 0. The minimum absolute atomic E-state index is 0. The van der Waals surface area contributed by atoms with Gasteiger partial charge in [-0.1, -0.05) is 6.08 Å². The third kappa shape index (κ3) is 11.7. The SMILES string of the molecule is C=CCNC(=NCCC(=O)NC(C)C)NCC.I. The summed E-state index contributed by atoms with van der Waals surface area (Å²) in [6, 6.07) is 0.179. The maximum atomic E-state index is 11.4. The third-order valence-electron chi connectivity index (χ3n) is 1.82. The van der Waals surface area contributed by atoms with Crippen LogP contribution in [-0.2, 0) is 4.79 Å². The van der Waals surface area contributed by atoms with E-state index in [0.717, 1.165) is 6.54 Å². The van der Waals surface area contributed by atoms with Crippen LogP contribution in [0.15, 0.2) is 17.6 Å². The van der Waals surface area contributed by atoms with Crippen LogP contribution in [0.3, 0.4) is 0 Å². The Labute approximate surface area is 127 Å². The molecule has 0 saturated carbocycles. The molecular weight excluding hydrogens is 343 g/mol. The van der Waals surface area contributed by atoms with E-state index in [-0.39, 0.29) is 35.9 Å². The highest BCUT2D eigenvalue weighted by Crippen LogP contribution is 1.85. The van der Waals surface area contributed by atoms with Gasteiger partial charge in [0.25, 0.3) is 0 Å². The van der Waals surface area contributed by atoms with Gasteiger partial charge < -0.3 is 16.0 Å². The van der Waals surface area contributed by atoms with E-state index in [2.05, 4.69) is 27.5 Å². The van der Waals surface area contributed by atoms with E-state index in [4.69, 9.17) is 0 Å². The Hall–Kier alpha value is -0.790. The third-order valence-corrected chi connectivity index (χ3v) is 1.82. The minimum Gasteiger partial charge on any atom is -0.357 e. The van der Waals surface area contributed by atoms with Crippen molar-refractivity contribution in [3.63, 3.8) is 0 Å². The van der Waals surface area contributed by atoms with Crippen LogP contribution in [0.1, 0.15) is 27.2 Å². The number of halogens is 1. The highest BCUT2D eigenvalue weighted by molar-refractivity contribution is 14.0. The number of nitrogens with one attached hydrogen (secondary N) is 3. The van der Waals surface area contributed by atoms with Crippen molar-refractivity contribution in [2.24, 2.45) is 4.99 Å². The van der Waals surface area contributed by atoms with Gasteiger partial charge >= 0.3 is 0 Å². The number of hydrogen-bond acceptors (Lipinski definition) is 2. The van der Waals surface area contributed by atoms with E-state index in [1.165, 1.54) is 0 Å². The smallest absolute Gasteiger partial charge is 0.222 e. The summed E-state index contributed by atoms with van der Waals surface area (Å²) in [6.45, 7) is 11.4. The van der Waals surface area contributed by atoms with Gasteiger partial charge in [0.15, 0.2) is 5.96 Å². The Bertz CT molecular complexity index is 267. The maximum absolute atomic E-state index is 11.4.